The highest BCUT2D eigenvalue weighted by Gasteiger charge is 2.82. The van der Waals surface area contributed by atoms with E-state index in [2.05, 4.69) is 40.7 Å². The standard InChI is InChI=1S/C31H48O3/c1-19(16-21-17-20(2)26(32)34-21)22-10-12-29(6)24-9-8-23-27(3,4)25(33-7)11-13-30(23)18-31(24,30)15-14-28(22,29)5/h17,19,21-25H,8-16,18H2,1-7H3. The van der Waals surface area contributed by atoms with Gasteiger partial charge in [-0.2, -0.15) is 0 Å². The van der Waals surface area contributed by atoms with Crippen LogP contribution in [0.3, 0.4) is 0 Å². The number of rotatable bonds is 4. The number of cyclic esters (lactones) is 1. The van der Waals surface area contributed by atoms with Crippen LogP contribution in [0, 0.1) is 50.7 Å². The van der Waals surface area contributed by atoms with Gasteiger partial charge in [-0.15, -0.1) is 0 Å². The van der Waals surface area contributed by atoms with E-state index in [1.807, 2.05) is 14.0 Å². The van der Waals surface area contributed by atoms with Crippen LogP contribution >= 0.6 is 0 Å². The van der Waals surface area contributed by atoms with E-state index >= 15 is 0 Å². The molecule has 10 unspecified atom stereocenters. The van der Waals surface area contributed by atoms with E-state index in [9.17, 15) is 4.79 Å². The van der Waals surface area contributed by atoms with Crippen molar-refractivity contribution in [2.45, 2.75) is 118 Å². The van der Waals surface area contributed by atoms with Gasteiger partial charge in [0.25, 0.3) is 0 Å². The SMILES string of the molecule is COC1CCC23CC24CCC2(C)C(C(C)CC5C=C(C)C(=O)O5)CCC2(C)C4CCC3C1(C)C. The van der Waals surface area contributed by atoms with Crippen molar-refractivity contribution < 1.29 is 14.3 Å². The Kier molecular flexibility index (Phi) is 4.95. The van der Waals surface area contributed by atoms with Crippen molar-refractivity contribution >= 4 is 5.97 Å². The largest absolute Gasteiger partial charge is 0.455 e. The van der Waals surface area contributed by atoms with Gasteiger partial charge in [-0.05, 0) is 128 Å². The number of carbonyl (C=O) groups excluding carboxylic acids is 1. The van der Waals surface area contributed by atoms with E-state index in [0.29, 0.717) is 39.1 Å². The Hall–Kier alpha value is -0.830. The fourth-order valence-corrected chi connectivity index (χ4v) is 12.0. The van der Waals surface area contributed by atoms with E-state index in [4.69, 9.17) is 9.47 Å². The maximum absolute atomic E-state index is 11.9. The minimum atomic E-state index is -0.110. The van der Waals surface area contributed by atoms with Crippen LogP contribution in [0.4, 0.5) is 0 Å². The van der Waals surface area contributed by atoms with Gasteiger partial charge < -0.3 is 9.47 Å². The fourth-order valence-electron chi connectivity index (χ4n) is 12.0. The summed E-state index contributed by atoms with van der Waals surface area (Å²) < 4.78 is 11.7. The summed E-state index contributed by atoms with van der Waals surface area (Å²) in [6.45, 7) is 14.8. The second-order valence-electron chi connectivity index (χ2n) is 14.7. The molecule has 0 amide bonds. The molecule has 2 spiro atoms. The Labute approximate surface area is 207 Å². The highest BCUT2D eigenvalue weighted by molar-refractivity contribution is 5.90. The first kappa shape index (κ1) is 23.6. The third kappa shape index (κ3) is 2.67. The second kappa shape index (κ2) is 7.14. The van der Waals surface area contributed by atoms with Gasteiger partial charge in [0.2, 0.25) is 0 Å². The Morgan fingerprint density at radius 2 is 1.68 bits per heavy atom. The molecule has 1 heterocycles. The van der Waals surface area contributed by atoms with E-state index < -0.39 is 0 Å². The first-order valence-corrected chi connectivity index (χ1v) is 14.4. The highest BCUT2D eigenvalue weighted by Crippen LogP contribution is 2.89. The molecule has 5 aliphatic carbocycles. The van der Waals surface area contributed by atoms with E-state index in [1.165, 1.54) is 57.8 Å². The Bertz CT molecular complexity index is 920. The van der Waals surface area contributed by atoms with Crippen LogP contribution in [-0.4, -0.2) is 25.3 Å². The van der Waals surface area contributed by atoms with Crippen molar-refractivity contribution in [1.82, 2.24) is 0 Å². The zero-order valence-electron chi connectivity index (χ0n) is 22.8. The van der Waals surface area contributed by atoms with Gasteiger partial charge in [0.15, 0.2) is 0 Å². The van der Waals surface area contributed by atoms with Crippen LogP contribution in [0.5, 0.6) is 0 Å². The minimum Gasteiger partial charge on any atom is -0.455 e. The average Bonchev–Trinajstić information content (AvgIpc) is 3.21. The van der Waals surface area contributed by atoms with Crippen molar-refractivity contribution in [3.05, 3.63) is 11.6 Å². The molecule has 190 valence electrons. The summed E-state index contributed by atoms with van der Waals surface area (Å²) in [4.78, 5) is 11.9. The van der Waals surface area contributed by atoms with Crippen molar-refractivity contribution in [1.29, 1.82) is 0 Å². The lowest BCUT2D eigenvalue weighted by Gasteiger charge is -2.63. The third-order valence-corrected chi connectivity index (χ3v) is 13.7. The zero-order chi connectivity index (χ0) is 24.3. The molecule has 0 aromatic rings. The quantitative estimate of drug-likeness (QED) is 0.405. The van der Waals surface area contributed by atoms with Gasteiger partial charge in [0.1, 0.15) is 6.10 Å². The maximum Gasteiger partial charge on any atom is 0.334 e. The van der Waals surface area contributed by atoms with Crippen LogP contribution < -0.4 is 0 Å². The van der Waals surface area contributed by atoms with Gasteiger partial charge in [0.05, 0.1) is 6.10 Å². The van der Waals surface area contributed by atoms with Crippen molar-refractivity contribution in [2.24, 2.45) is 50.7 Å². The summed E-state index contributed by atoms with van der Waals surface area (Å²) in [5.41, 5.74) is 3.18. The van der Waals surface area contributed by atoms with Crippen molar-refractivity contribution in [2.75, 3.05) is 7.11 Å². The predicted molar refractivity (Wildman–Crippen MR) is 135 cm³/mol. The Morgan fingerprint density at radius 1 is 0.971 bits per heavy atom. The number of hydrogen-bond acceptors (Lipinski definition) is 3. The summed E-state index contributed by atoms with van der Waals surface area (Å²) in [7, 11) is 1.94. The lowest BCUT2D eigenvalue weighted by molar-refractivity contribution is -0.167. The maximum atomic E-state index is 11.9. The monoisotopic (exact) mass is 468 g/mol. The van der Waals surface area contributed by atoms with E-state index in [0.717, 1.165) is 29.7 Å². The summed E-state index contributed by atoms with van der Waals surface area (Å²) >= 11 is 0. The molecule has 10 atom stereocenters. The molecule has 6 aliphatic rings. The van der Waals surface area contributed by atoms with Crippen molar-refractivity contribution in [3.8, 4) is 0 Å². The van der Waals surface area contributed by atoms with Crippen LogP contribution in [0.25, 0.3) is 0 Å². The highest BCUT2D eigenvalue weighted by atomic mass is 16.5. The average molecular weight is 469 g/mol. The summed E-state index contributed by atoms with van der Waals surface area (Å²) in [6.07, 6.45) is 16.1. The molecule has 1 aliphatic heterocycles. The van der Waals surface area contributed by atoms with Gasteiger partial charge in [0, 0.05) is 12.7 Å². The lowest BCUT2D eigenvalue weighted by Crippen LogP contribution is -2.57. The summed E-state index contributed by atoms with van der Waals surface area (Å²) in [6, 6.07) is 0. The molecule has 5 fully saturated rings. The van der Waals surface area contributed by atoms with Gasteiger partial charge >= 0.3 is 5.97 Å². The lowest BCUT2D eigenvalue weighted by atomic mass is 9.41. The molecule has 0 aromatic carbocycles. The number of esters is 1. The molecule has 0 radical (unpaired) electrons. The molecular weight excluding hydrogens is 420 g/mol. The molecule has 0 aromatic heterocycles. The predicted octanol–water partition coefficient (Wildman–Crippen LogP) is 7.34. The van der Waals surface area contributed by atoms with Crippen LogP contribution in [-0.2, 0) is 14.3 Å². The second-order valence-corrected chi connectivity index (χ2v) is 14.7. The first-order valence-electron chi connectivity index (χ1n) is 14.4. The Balaban J connectivity index is 1.25. The zero-order valence-corrected chi connectivity index (χ0v) is 22.8. The number of ether oxygens (including phenoxy) is 2. The molecule has 3 nitrogen and oxygen atoms in total. The Morgan fingerprint density at radius 3 is 2.35 bits per heavy atom. The van der Waals surface area contributed by atoms with Gasteiger partial charge in [-0.1, -0.05) is 34.6 Å². The molecule has 34 heavy (non-hydrogen) atoms. The molecule has 5 saturated carbocycles. The van der Waals surface area contributed by atoms with E-state index in [1.54, 1.807) is 0 Å². The van der Waals surface area contributed by atoms with E-state index in [-0.39, 0.29) is 12.1 Å². The van der Waals surface area contributed by atoms with Gasteiger partial charge in [-0.25, -0.2) is 4.79 Å². The first-order chi connectivity index (χ1) is 15.9. The van der Waals surface area contributed by atoms with Crippen LogP contribution in [0.15, 0.2) is 11.6 Å². The molecule has 0 N–H and O–H groups in total. The molecule has 6 rings (SSSR count). The van der Waals surface area contributed by atoms with Crippen molar-refractivity contribution in [3.63, 3.8) is 0 Å². The van der Waals surface area contributed by atoms with Gasteiger partial charge in [-0.3, -0.25) is 0 Å². The number of carbonyl (C=O) groups is 1. The number of hydrogen-bond donors (Lipinski definition) is 0. The summed E-state index contributed by atoms with van der Waals surface area (Å²) in [5, 5.41) is 0. The van der Waals surface area contributed by atoms with Crippen LogP contribution in [0.2, 0.25) is 0 Å². The molecule has 0 bridgehead atoms. The topological polar surface area (TPSA) is 35.5 Å². The normalized spacial score (nSPS) is 53.7. The molecular formula is C31H48O3. The fraction of sp³-hybridized carbons (Fsp3) is 0.903. The van der Waals surface area contributed by atoms with Crippen LogP contribution in [0.1, 0.15) is 106 Å². The minimum absolute atomic E-state index is 0.00627. The smallest absolute Gasteiger partial charge is 0.334 e. The number of fused-ring (bicyclic) bond motifs is 2. The molecule has 0 saturated heterocycles. The molecule has 3 heteroatoms. The number of methoxy groups -OCH3 is 1. The third-order valence-electron chi connectivity index (χ3n) is 13.7. The summed E-state index contributed by atoms with van der Waals surface area (Å²) in [5.74, 6) is 2.97.